The van der Waals surface area contributed by atoms with Gasteiger partial charge in [-0.05, 0) is 36.5 Å². The third kappa shape index (κ3) is 2.02. The van der Waals surface area contributed by atoms with Crippen LogP contribution in [0.15, 0.2) is 54.6 Å². The smallest absolute Gasteiger partial charge is 0.179 e. The molecular weight excluding hydrogens is 242 g/mol. The van der Waals surface area contributed by atoms with Crippen LogP contribution in [0.2, 0.25) is 0 Å². The summed E-state index contributed by atoms with van der Waals surface area (Å²) in [5, 5.41) is 3.36. The molecule has 3 nitrogen and oxygen atoms in total. The summed E-state index contributed by atoms with van der Waals surface area (Å²) in [6, 6.07) is 18.2. The summed E-state index contributed by atoms with van der Waals surface area (Å²) >= 11 is 5.34. The van der Waals surface area contributed by atoms with Crippen molar-refractivity contribution in [3.05, 3.63) is 59.4 Å². The minimum atomic E-state index is 0.660. The maximum Gasteiger partial charge on any atom is 0.179 e. The predicted molar refractivity (Wildman–Crippen MR) is 77.2 cm³/mol. The summed E-state index contributed by atoms with van der Waals surface area (Å²) in [6.07, 6.45) is 0. The van der Waals surface area contributed by atoms with Gasteiger partial charge in [0.05, 0.1) is 17.7 Å². The molecule has 3 rings (SSSR count). The van der Waals surface area contributed by atoms with E-state index in [-0.39, 0.29) is 0 Å². The van der Waals surface area contributed by atoms with Gasteiger partial charge in [-0.25, -0.2) is 0 Å². The molecule has 0 bridgehead atoms. The molecular formula is C14H13N3S. The summed E-state index contributed by atoms with van der Waals surface area (Å²) in [5.74, 6) is 0. The number of para-hydroxylation sites is 3. The number of H-pyrrole nitrogens is 1. The van der Waals surface area contributed by atoms with Crippen LogP contribution in [0.3, 0.4) is 0 Å². The van der Waals surface area contributed by atoms with E-state index in [9.17, 15) is 0 Å². The molecule has 1 heterocycles. The average Bonchev–Trinajstić information content (AvgIpc) is 2.73. The summed E-state index contributed by atoms with van der Waals surface area (Å²) in [4.78, 5) is 3.20. The maximum atomic E-state index is 5.34. The Kier molecular flexibility index (Phi) is 2.86. The first-order chi connectivity index (χ1) is 8.84. The van der Waals surface area contributed by atoms with Crippen molar-refractivity contribution in [1.29, 1.82) is 0 Å². The average molecular weight is 255 g/mol. The number of hydrogen-bond donors (Lipinski definition) is 2. The summed E-state index contributed by atoms with van der Waals surface area (Å²) in [6.45, 7) is 0.660. The maximum absolute atomic E-state index is 5.34. The van der Waals surface area contributed by atoms with Crippen molar-refractivity contribution in [2.24, 2.45) is 0 Å². The fraction of sp³-hybridized carbons (Fsp3) is 0.0714. The van der Waals surface area contributed by atoms with Crippen molar-refractivity contribution in [2.75, 3.05) is 5.32 Å². The van der Waals surface area contributed by atoms with E-state index in [4.69, 9.17) is 12.2 Å². The molecule has 4 heteroatoms. The van der Waals surface area contributed by atoms with Crippen molar-refractivity contribution in [3.8, 4) is 0 Å². The number of benzene rings is 2. The van der Waals surface area contributed by atoms with E-state index in [1.807, 2.05) is 48.5 Å². The molecule has 0 atom stereocenters. The summed E-state index contributed by atoms with van der Waals surface area (Å²) < 4.78 is 2.79. The predicted octanol–water partition coefficient (Wildman–Crippen LogP) is 3.77. The highest BCUT2D eigenvalue weighted by molar-refractivity contribution is 7.71. The zero-order chi connectivity index (χ0) is 12.4. The lowest BCUT2D eigenvalue weighted by Crippen LogP contribution is -2.07. The monoisotopic (exact) mass is 255 g/mol. The fourth-order valence-electron chi connectivity index (χ4n) is 1.99. The van der Waals surface area contributed by atoms with Gasteiger partial charge in [0.25, 0.3) is 0 Å². The first-order valence-corrected chi connectivity index (χ1v) is 6.22. The molecule has 3 aromatic rings. The highest BCUT2D eigenvalue weighted by atomic mass is 32.1. The van der Waals surface area contributed by atoms with Crippen LogP contribution < -0.4 is 5.32 Å². The van der Waals surface area contributed by atoms with Crippen LogP contribution in [-0.2, 0) is 6.67 Å². The second kappa shape index (κ2) is 4.66. The van der Waals surface area contributed by atoms with E-state index in [0.29, 0.717) is 6.67 Å². The molecule has 0 aliphatic rings. The second-order valence-electron chi connectivity index (χ2n) is 4.08. The molecule has 0 amide bonds. The molecule has 0 spiro atoms. The van der Waals surface area contributed by atoms with Crippen LogP contribution in [0.5, 0.6) is 0 Å². The van der Waals surface area contributed by atoms with Crippen LogP contribution in [0.1, 0.15) is 0 Å². The number of hydrogen-bond acceptors (Lipinski definition) is 2. The van der Waals surface area contributed by atoms with E-state index in [1.54, 1.807) is 0 Å². The topological polar surface area (TPSA) is 32.8 Å². The van der Waals surface area contributed by atoms with Crippen LogP contribution in [0.25, 0.3) is 11.0 Å². The van der Waals surface area contributed by atoms with Gasteiger partial charge in [0, 0.05) is 5.69 Å². The standard InChI is InChI=1S/C14H13N3S/c18-14-16-12-8-4-5-9-13(12)17(14)10-15-11-6-2-1-3-7-11/h1-9,15H,10H2,(H,16,18). The number of aromatic amines is 1. The van der Waals surface area contributed by atoms with Gasteiger partial charge < -0.3 is 10.3 Å². The highest BCUT2D eigenvalue weighted by Gasteiger charge is 2.02. The SMILES string of the molecule is S=c1[nH]c2ccccc2n1CNc1ccccc1. The molecule has 18 heavy (non-hydrogen) atoms. The van der Waals surface area contributed by atoms with Crippen LogP contribution in [0, 0.1) is 4.77 Å². The first kappa shape index (κ1) is 11.0. The number of anilines is 1. The normalized spacial score (nSPS) is 10.7. The summed E-state index contributed by atoms with van der Waals surface area (Å²) in [5.41, 5.74) is 3.27. The van der Waals surface area contributed by atoms with Gasteiger partial charge in [0.15, 0.2) is 4.77 Å². The number of imidazole rings is 1. The Bertz CT molecular complexity index is 712. The Labute approximate surface area is 110 Å². The van der Waals surface area contributed by atoms with Crippen LogP contribution in [0.4, 0.5) is 5.69 Å². The van der Waals surface area contributed by atoms with E-state index in [2.05, 4.69) is 20.9 Å². The third-order valence-electron chi connectivity index (χ3n) is 2.90. The minimum Gasteiger partial charge on any atom is -0.367 e. The molecule has 90 valence electrons. The molecule has 0 radical (unpaired) electrons. The van der Waals surface area contributed by atoms with E-state index < -0.39 is 0 Å². The van der Waals surface area contributed by atoms with E-state index in [0.717, 1.165) is 21.5 Å². The van der Waals surface area contributed by atoms with Gasteiger partial charge in [-0.3, -0.25) is 4.57 Å². The Morgan fingerprint density at radius 3 is 2.56 bits per heavy atom. The molecule has 0 saturated heterocycles. The Hall–Kier alpha value is -2.07. The van der Waals surface area contributed by atoms with Gasteiger partial charge in [0.1, 0.15) is 0 Å². The second-order valence-corrected chi connectivity index (χ2v) is 4.46. The van der Waals surface area contributed by atoms with Crippen LogP contribution >= 0.6 is 12.2 Å². The van der Waals surface area contributed by atoms with Crippen molar-refractivity contribution in [1.82, 2.24) is 9.55 Å². The fourth-order valence-corrected chi connectivity index (χ4v) is 2.26. The number of aromatic nitrogens is 2. The van der Waals surface area contributed by atoms with Crippen molar-refractivity contribution in [3.63, 3.8) is 0 Å². The largest absolute Gasteiger partial charge is 0.367 e. The number of rotatable bonds is 3. The number of nitrogens with one attached hydrogen (secondary N) is 2. The zero-order valence-corrected chi connectivity index (χ0v) is 10.6. The molecule has 0 unspecified atom stereocenters. The van der Waals surface area contributed by atoms with Gasteiger partial charge in [-0.1, -0.05) is 30.3 Å². The Morgan fingerprint density at radius 1 is 1.00 bits per heavy atom. The first-order valence-electron chi connectivity index (χ1n) is 5.81. The van der Waals surface area contributed by atoms with Gasteiger partial charge in [-0.2, -0.15) is 0 Å². The van der Waals surface area contributed by atoms with Crippen molar-refractivity contribution < 1.29 is 0 Å². The third-order valence-corrected chi connectivity index (χ3v) is 3.22. The molecule has 0 saturated carbocycles. The molecule has 2 N–H and O–H groups in total. The van der Waals surface area contributed by atoms with Gasteiger partial charge >= 0.3 is 0 Å². The van der Waals surface area contributed by atoms with Crippen LogP contribution in [-0.4, -0.2) is 9.55 Å². The summed E-state index contributed by atoms with van der Waals surface area (Å²) in [7, 11) is 0. The zero-order valence-electron chi connectivity index (χ0n) is 9.76. The van der Waals surface area contributed by atoms with E-state index >= 15 is 0 Å². The molecule has 0 aliphatic heterocycles. The number of nitrogens with zero attached hydrogens (tertiary/aromatic N) is 1. The van der Waals surface area contributed by atoms with Gasteiger partial charge in [0.2, 0.25) is 0 Å². The molecule has 2 aromatic carbocycles. The lowest BCUT2D eigenvalue weighted by Gasteiger charge is -2.08. The van der Waals surface area contributed by atoms with Gasteiger partial charge in [-0.15, -0.1) is 0 Å². The quantitative estimate of drug-likeness (QED) is 0.698. The van der Waals surface area contributed by atoms with E-state index in [1.165, 1.54) is 0 Å². The molecule has 0 aliphatic carbocycles. The lowest BCUT2D eigenvalue weighted by atomic mass is 10.3. The number of fused-ring (bicyclic) bond motifs is 1. The van der Waals surface area contributed by atoms with Crippen molar-refractivity contribution in [2.45, 2.75) is 6.67 Å². The highest BCUT2D eigenvalue weighted by Crippen LogP contribution is 2.14. The molecule has 1 aromatic heterocycles. The minimum absolute atomic E-state index is 0.660. The lowest BCUT2D eigenvalue weighted by molar-refractivity contribution is 0.787. The Balaban J connectivity index is 1.91. The van der Waals surface area contributed by atoms with Crippen molar-refractivity contribution >= 4 is 28.9 Å². The Morgan fingerprint density at radius 2 is 1.72 bits per heavy atom. The molecule has 0 fully saturated rings.